The number of hydrogen-bond donors (Lipinski definition) is 0. The molecule has 5 nitrogen and oxygen atoms in total. The van der Waals surface area contributed by atoms with Crippen molar-refractivity contribution in [2.75, 3.05) is 6.26 Å². The molecule has 0 unspecified atom stereocenters. The van der Waals surface area contributed by atoms with Crippen molar-refractivity contribution in [2.24, 2.45) is 0 Å². The monoisotopic (exact) mass is 449 g/mol. The summed E-state index contributed by atoms with van der Waals surface area (Å²) >= 11 is 1.60. The van der Waals surface area contributed by atoms with Crippen LogP contribution >= 0.6 is 11.3 Å². The Morgan fingerprint density at radius 3 is 2.03 bits per heavy atom. The van der Waals surface area contributed by atoms with Gasteiger partial charge in [0.15, 0.2) is 9.84 Å². The van der Waals surface area contributed by atoms with E-state index in [0.29, 0.717) is 6.42 Å². The van der Waals surface area contributed by atoms with Crippen LogP contribution in [0.5, 0.6) is 0 Å². The van der Waals surface area contributed by atoms with Crippen LogP contribution in [-0.2, 0) is 32.8 Å². The van der Waals surface area contributed by atoms with E-state index in [1.54, 1.807) is 11.3 Å². The highest BCUT2D eigenvalue weighted by Crippen LogP contribution is 2.25. The molecule has 3 aromatic rings. The summed E-state index contributed by atoms with van der Waals surface area (Å²) in [7, 11) is -7.21. The van der Waals surface area contributed by atoms with E-state index < -0.39 is 19.9 Å². The summed E-state index contributed by atoms with van der Waals surface area (Å²) < 4.78 is 51.8. The number of nitrogens with zero attached hydrogens (tertiary/aromatic N) is 1. The van der Waals surface area contributed by atoms with E-state index in [1.807, 2.05) is 54.8 Å². The second kappa shape index (κ2) is 8.79. The molecule has 1 aromatic heterocycles. The van der Waals surface area contributed by atoms with E-state index in [2.05, 4.69) is 0 Å². The molecule has 0 aliphatic carbocycles. The summed E-state index contributed by atoms with van der Waals surface area (Å²) in [6.45, 7) is 2.13. The maximum atomic E-state index is 13.4. The van der Waals surface area contributed by atoms with Gasteiger partial charge in [-0.05, 0) is 54.6 Å². The zero-order valence-corrected chi connectivity index (χ0v) is 18.7. The van der Waals surface area contributed by atoms with Crippen LogP contribution in [0.1, 0.15) is 17.4 Å². The van der Waals surface area contributed by atoms with Gasteiger partial charge in [0.1, 0.15) is 0 Å². The molecule has 2 aromatic carbocycles. The van der Waals surface area contributed by atoms with E-state index in [-0.39, 0.29) is 22.4 Å². The van der Waals surface area contributed by atoms with Crippen LogP contribution in [0.15, 0.2) is 81.9 Å². The van der Waals surface area contributed by atoms with Gasteiger partial charge in [0, 0.05) is 23.7 Å². The first-order valence-corrected chi connectivity index (χ1v) is 13.3. The molecule has 1 atom stereocenters. The Kier molecular flexibility index (Phi) is 6.58. The Morgan fingerprint density at radius 1 is 0.862 bits per heavy atom. The minimum Gasteiger partial charge on any atom is -0.224 e. The van der Waals surface area contributed by atoms with Gasteiger partial charge in [-0.2, -0.15) is 4.31 Å². The van der Waals surface area contributed by atoms with Crippen LogP contribution in [0, 0.1) is 0 Å². The number of rotatable bonds is 8. The summed E-state index contributed by atoms with van der Waals surface area (Å²) in [4.78, 5) is 1.29. The van der Waals surface area contributed by atoms with Gasteiger partial charge in [0.05, 0.1) is 9.79 Å². The van der Waals surface area contributed by atoms with Crippen LogP contribution in [0.2, 0.25) is 0 Å². The molecule has 0 aliphatic rings. The molecule has 0 amide bonds. The van der Waals surface area contributed by atoms with E-state index >= 15 is 0 Å². The fraction of sp³-hybridized carbons (Fsp3) is 0.238. The quantitative estimate of drug-likeness (QED) is 0.522. The maximum Gasteiger partial charge on any atom is 0.243 e. The Labute approximate surface area is 176 Å². The maximum absolute atomic E-state index is 13.4. The Bertz CT molecular complexity index is 1140. The van der Waals surface area contributed by atoms with Crippen molar-refractivity contribution < 1.29 is 16.8 Å². The molecule has 1 heterocycles. The van der Waals surface area contributed by atoms with Gasteiger partial charge in [-0.15, -0.1) is 11.3 Å². The molecule has 0 bridgehead atoms. The first kappa shape index (κ1) is 21.7. The molecular weight excluding hydrogens is 426 g/mol. The van der Waals surface area contributed by atoms with Crippen molar-refractivity contribution >= 4 is 31.2 Å². The van der Waals surface area contributed by atoms with Crippen molar-refractivity contribution in [1.82, 2.24) is 4.31 Å². The third kappa shape index (κ3) is 5.33. The van der Waals surface area contributed by atoms with Crippen LogP contribution in [0.25, 0.3) is 0 Å². The van der Waals surface area contributed by atoms with Gasteiger partial charge in [-0.1, -0.05) is 36.4 Å². The lowest BCUT2D eigenvalue weighted by molar-refractivity contribution is 0.329. The van der Waals surface area contributed by atoms with Crippen molar-refractivity contribution in [3.63, 3.8) is 0 Å². The van der Waals surface area contributed by atoms with Crippen LogP contribution in [-0.4, -0.2) is 33.4 Å². The second-order valence-electron chi connectivity index (χ2n) is 6.91. The molecule has 0 saturated carbocycles. The molecule has 0 radical (unpaired) electrons. The minimum absolute atomic E-state index is 0.0823. The molecule has 8 heteroatoms. The number of sulfone groups is 1. The fourth-order valence-electron chi connectivity index (χ4n) is 3.06. The molecular formula is C21H23NO4S3. The lowest BCUT2D eigenvalue weighted by Crippen LogP contribution is -2.39. The SMILES string of the molecule is C[C@@H](Cc1cccs1)N(Cc1ccccc1)S(=O)(=O)c1ccc(S(C)(=O)=O)cc1. The Balaban J connectivity index is 1.96. The zero-order valence-electron chi connectivity index (χ0n) is 16.2. The fourth-order valence-corrected chi connectivity index (χ4v) is 6.13. The largest absolute Gasteiger partial charge is 0.243 e. The first-order chi connectivity index (χ1) is 13.7. The highest BCUT2D eigenvalue weighted by molar-refractivity contribution is 7.90. The lowest BCUT2D eigenvalue weighted by Gasteiger charge is -2.28. The first-order valence-electron chi connectivity index (χ1n) is 9.06. The average Bonchev–Trinajstić information content (AvgIpc) is 3.19. The summed E-state index contributed by atoms with van der Waals surface area (Å²) in [6, 6.07) is 18.5. The van der Waals surface area contributed by atoms with Crippen LogP contribution in [0.3, 0.4) is 0 Å². The predicted octanol–water partition coefficient (Wildman–Crippen LogP) is 3.97. The average molecular weight is 450 g/mol. The normalized spacial score (nSPS) is 13.5. The molecule has 0 aliphatic heterocycles. The van der Waals surface area contributed by atoms with E-state index in [1.165, 1.54) is 28.6 Å². The Hall–Kier alpha value is -2.00. The topological polar surface area (TPSA) is 71.5 Å². The molecule has 154 valence electrons. The third-order valence-corrected chi connectivity index (χ3v) is 8.61. The molecule has 0 saturated heterocycles. The lowest BCUT2D eigenvalue weighted by atomic mass is 10.1. The molecule has 0 fully saturated rings. The van der Waals surface area contributed by atoms with Gasteiger partial charge in [-0.25, -0.2) is 16.8 Å². The summed E-state index contributed by atoms with van der Waals surface area (Å²) in [5, 5.41) is 1.97. The molecule has 29 heavy (non-hydrogen) atoms. The molecule has 0 spiro atoms. The Morgan fingerprint density at radius 2 is 1.48 bits per heavy atom. The van der Waals surface area contributed by atoms with Gasteiger partial charge < -0.3 is 0 Å². The van der Waals surface area contributed by atoms with Crippen LogP contribution < -0.4 is 0 Å². The van der Waals surface area contributed by atoms with Gasteiger partial charge >= 0.3 is 0 Å². The smallest absolute Gasteiger partial charge is 0.224 e. The van der Waals surface area contributed by atoms with Crippen molar-refractivity contribution in [3.05, 3.63) is 82.6 Å². The summed E-state index contributed by atoms with van der Waals surface area (Å²) in [5.41, 5.74) is 0.891. The van der Waals surface area contributed by atoms with Crippen LogP contribution in [0.4, 0.5) is 0 Å². The number of benzene rings is 2. The summed E-state index contributed by atoms with van der Waals surface area (Å²) in [5.74, 6) is 0. The predicted molar refractivity (Wildman–Crippen MR) is 116 cm³/mol. The number of sulfonamides is 1. The van der Waals surface area contributed by atoms with Gasteiger partial charge in [-0.3, -0.25) is 0 Å². The third-order valence-electron chi connectivity index (χ3n) is 4.61. The second-order valence-corrected chi connectivity index (χ2v) is 11.9. The van der Waals surface area contributed by atoms with Crippen molar-refractivity contribution in [1.29, 1.82) is 0 Å². The molecule has 0 N–H and O–H groups in total. The number of thiophene rings is 1. The highest BCUT2D eigenvalue weighted by Gasteiger charge is 2.30. The van der Waals surface area contributed by atoms with E-state index in [9.17, 15) is 16.8 Å². The molecule has 3 rings (SSSR count). The van der Waals surface area contributed by atoms with Crippen molar-refractivity contribution in [2.45, 2.75) is 35.7 Å². The van der Waals surface area contributed by atoms with Crippen molar-refractivity contribution in [3.8, 4) is 0 Å². The zero-order chi connectivity index (χ0) is 21.1. The van der Waals surface area contributed by atoms with E-state index in [4.69, 9.17) is 0 Å². The minimum atomic E-state index is -3.82. The highest BCUT2D eigenvalue weighted by atomic mass is 32.2. The number of hydrogen-bond acceptors (Lipinski definition) is 5. The van der Waals surface area contributed by atoms with Gasteiger partial charge in [0.2, 0.25) is 10.0 Å². The van der Waals surface area contributed by atoms with Gasteiger partial charge in [0.25, 0.3) is 0 Å². The summed E-state index contributed by atoms with van der Waals surface area (Å²) in [6.07, 6.45) is 1.70. The standard InChI is InChI=1S/C21H23NO4S3/c1-17(15-19-9-6-14-27-19)22(16-18-7-4-3-5-8-18)29(25,26)21-12-10-20(11-13-21)28(2,23)24/h3-14,17H,15-16H2,1-2H3/t17-/m0/s1. The van der Waals surface area contributed by atoms with E-state index in [0.717, 1.165) is 16.7 Å².